The number of nitrogens with one attached hydrogen (secondary N) is 2. The largest absolute Gasteiger partial charge is 0.468 e. The third-order valence-corrected chi connectivity index (χ3v) is 1.51. The van der Waals surface area contributed by atoms with Crippen molar-refractivity contribution in [3.05, 3.63) is 0 Å². The number of carbonyl (C=O) groups is 1. The van der Waals surface area contributed by atoms with Crippen LogP contribution < -0.4 is 10.9 Å². The van der Waals surface area contributed by atoms with Crippen molar-refractivity contribution in [3.8, 4) is 0 Å². The Morgan fingerprint density at radius 3 is 2.42 bits per heavy atom. The Balaban J connectivity index is 3.94. The maximum absolute atomic E-state index is 11.1. The molecule has 0 saturated heterocycles. The van der Waals surface area contributed by atoms with Gasteiger partial charge in [0, 0.05) is 0 Å². The molecule has 0 saturated carbocycles. The molecule has 0 aliphatic heterocycles. The van der Waals surface area contributed by atoms with Crippen LogP contribution in [0.4, 0.5) is 0 Å². The molecule has 0 radical (unpaired) electrons. The van der Waals surface area contributed by atoms with E-state index in [1.54, 1.807) is 7.05 Å². The molecule has 4 nitrogen and oxygen atoms in total. The van der Waals surface area contributed by atoms with Crippen molar-refractivity contribution >= 4 is 5.97 Å². The van der Waals surface area contributed by atoms with Crippen molar-refractivity contribution in [2.45, 2.75) is 26.3 Å². The van der Waals surface area contributed by atoms with E-state index in [4.69, 9.17) is 0 Å². The Labute approximate surface area is 73.6 Å². The van der Waals surface area contributed by atoms with Crippen LogP contribution in [0.25, 0.3) is 0 Å². The summed E-state index contributed by atoms with van der Waals surface area (Å²) in [5, 5.41) is 0. The molecule has 0 aliphatic rings. The second kappa shape index (κ2) is 5.97. The van der Waals surface area contributed by atoms with E-state index in [1.165, 1.54) is 7.11 Å². The van der Waals surface area contributed by atoms with Crippen molar-refractivity contribution in [2.75, 3.05) is 14.2 Å². The number of hydrogen-bond donors (Lipinski definition) is 2. The fourth-order valence-corrected chi connectivity index (χ4v) is 1.00. The first-order valence-electron chi connectivity index (χ1n) is 4.12. The fourth-order valence-electron chi connectivity index (χ4n) is 1.00. The number of methoxy groups -OCH3 is 1. The smallest absolute Gasteiger partial charge is 0.324 e. The molecule has 2 N–H and O–H groups in total. The predicted octanol–water partition coefficient (Wildman–Crippen LogP) is 0.298. The number of hydrogen-bond acceptors (Lipinski definition) is 4. The number of carbonyl (C=O) groups excluding carboxylic acids is 1. The Kier molecular flexibility index (Phi) is 5.66. The van der Waals surface area contributed by atoms with Crippen molar-refractivity contribution in [3.63, 3.8) is 0 Å². The zero-order valence-electron chi connectivity index (χ0n) is 8.18. The van der Waals surface area contributed by atoms with E-state index < -0.39 is 0 Å². The summed E-state index contributed by atoms with van der Waals surface area (Å²) in [5.74, 6) is 0.244. The molecular formula is C8H18N2O2. The van der Waals surface area contributed by atoms with Crippen LogP contribution in [-0.4, -0.2) is 26.2 Å². The molecule has 0 bridgehead atoms. The highest BCUT2D eigenvalue weighted by Crippen LogP contribution is 2.04. The zero-order valence-corrected chi connectivity index (χ0v) is 8.18. The fraction of sp³-hybridized carbons (Fsp3) is 0.875. The third kappa shape index (κ3) is 4.31. The minimum Gasteiger partial charge on any atom is -0.468 e. The molecule has 72 valence electrons. The van der Waals surface area contributed by atoms with Gasteiger partial charge in [-0.15, -0.1) is 0 Å². The van der Waals surface area contributed by atoms with Gasteiger partial charge in [-0.1, -0.05) is 13.8 Å². The first-order chi connectivity index (χ1) is 5.61. The highest BCUT2D eigenvalue weighted by molar-refractivity contribution is 5.75. The van der Waals surface area contributed by atoms with Crippen molar-refractivity contribution in [1.82, 2.24) is 10.9 Å². The van der Waals surface area contributed by atoms with Gasteiger partial charge < -0.3 is 4.74 Å². The van der Waals surface area contributed by atoms with Crippen LogP contribution in [0.15, 0.2) is 0 Å². The van der Waals surface area contributed by atoms with Gasteiger partial charge in [0.2, 0.25) is 0 Å². The normalized spacial score (nSPS) is 13.1. The average Bonchev–Trinajstić information content (AvgIpc) is 2.01. The van der Waals surface area contributed by atoms with Gasteiger partial charge in [-0.2, -0.15) is 0 Å². The van der Waals surface area contributed by atoms with Crippen LogP contribution in [-0.2, 0) is 9.53 Å². The zero-order chi connectivity index (χ0) is 9.56. The van der Waals surface area contributed by atoms with Crippen molar-refractivity contribution in [1.29, 1.82) is 0 Å². The molecule has 0 aromatic heterocycles. The van der Waals surface area contributed by atoms with Gasteiger partial charge in [-0.05, 0) is 19.4 Å². The molecular weight excluding hydrogens is 156 g/mol. The van der Waals surface area contributed by atoms with Crippen LogP contribution in [0.5, 0.6) is 0 Å². The van der Waals surface area contributed by atoms with Gasteiger partial charge in [0.25, 0.3) is 0 Å². The number of rotatable bonds is 5. The Bertz CT molecular complexity index is 137. The van der Waals surface area contributed by atoms with E-state index in [0.29, 0.717) is 5.92 Å². The van der Waals surface area contributed by atoms with Crippen molar-refractivity contribution in [2.24, 2.45) is 5.92 Å². The molecule has 0 amide bonds. The van der Waals surface area contributed by atoms with E-state index in [9.17, 15) is 4.79 Å². The number of ether oxygens (including phenoxy) is 1. The lowest BCUT2D eigenvalue weighted by Crippen LogP contribution is -2.44. The summed E-state index contributed by atoms with van der Waals surface area (Å²) in [6, 6.07) is -0.250. The Morgan fingerprint density at radius 1 is 1.50 bits per heavy atom. The molecule has 0 aliphatic carbocycles. The quantitative estimate of drug-likeness (QED) is 0.465. The van der Waals surface area contributed by atoms with Crippen LogP contribution in [0.1, 0.15) is 20.3 Å². The Morgan fingerprint density at radius 2 is 2.08 bits per heavy atom. The summed E-state index contributed by atoms with van der Waals surface area (Å²) in [4.78, 5) is 11.1. The Hall–Kier alpha value is -0.610. The van der Waals surface area contributed by atoms with Crippen LogP contribution in [0.3, 0.4) is 0 Å². The maximum atomic E-state index is 11.1. The van der Waals surface area contributed by atoms with E-state index >= 15 is 0 Å². The minimum atomic E-state index is -0.250. The second-order valence-corrected chi connectivity index (χ2v) is 3.10. The van der Waals surface area contributed by atoms with E-state index in [-0.39, 0.29) is 12.0 Å². The average molecular weight is 174 g/mol. The highest BCUT2D eigenvalue weighted by atomic mass is 16.5. The summed E-state index contributed by atoms with van der Waals surface area (Å²) >= 11 is 0. The molecule has 4 heteroatoms. The first-order valence-corrected chi connectivity index (χ1v) is 4.12. The second-order valence-electron chi connectivity index (χ2n) is 3.10. The lowest BCUT2D eigenvalue weighted by atomic mass is 10.0. The maximum Gasteiger partial charge on any atom is 0.324 e. The summed E-state index contributed by atoms with van der Waals surface area (Å²) in [5.41, 5.74) is 5.58. The molecule has 0 rings (SSSR count). The van der Waals surface area contributed by atoms with E-state index in [0.717, 1.165) is 6.42 Å². The van der Waals surface area contributed by atoms with Gasteiger partial charge >= 0.3 is 5.97 Å². The standard InChI is InChI=1S/C8H18N2O2/c1-6(2)5-7(10-9-3)8(11)12-4/h6-7,9-10H,5H2,1-4H3/t7-/m0/s1. The summed E-state index contributed by atoms with van der Waals surface area (Å²) in [6.45, 7) is 4.13. The lowest BCUT2D eigenvalue weighted by Gasteiger charge is -2.17. The van der Waals surface area contributed by atoms with Crippen LogP contribution in [0, 0.1) is 5.92 Å². The van der Waals surface area contributed by atoms with Crippen molar-refractivity contribution < 1.29 is 9.53 Å². The van der Waals surface area contributed by atoms with Gasteiger partial charge in [-0.3, -0.25) is 10.2 Å². The molecule has 0 heterocycles. The lowest BCUT2D eigenvalue weighted by molar-refractivity contribution is -0.143. The molecule has 0 fully saturated rings. The predicted molar refractivity (Wildman–Crippen MR) is 47.5 cm³/mol. The molecule has 1 atom stereocenters. The minimum absolute atomic E-state index is 0.224. The topological polar surface area (TPSA) is 50.4 Å². The van der Waals surface area contributed by atoms with Crippen LogP contribution >= 0.6 is 0 Å². The van der Waals surface area contributed by atoms with Gasteiger partial charge in [0.1, 0.15) is 6.04 Å². The molecule has 12 heavy (non-hydrogen) atoms. The third-order valence-electron chi connectivity index (χ3n) is 1.51. The molecule has 0 aromatic carbocycles. The summed E-state index contributed by atoms with van der Waals surface area (Å²) in [7, 11) is 3.13. The van der Waals surface area contributed by atoms with Gasteiger partial charge in [0.05, 0.1) is 7.11 Å². The number of hydrazine groups is 1. The SMILES string of the molecule is CNN[C@@H](CC(C)C)C(=O)OC. The monoisotopic (exact) mass is 174 g/mol. The molecule has 0 spiro atoms. The van der Waals surface area contributed by atoms with E-state index in [1.807, 2.05) is 0 Å². The first kappa shape index (κ1) is 11.4. The van der Waals surface area contributed by atoms with Gasteiger partial charge in [-0.25, -0.2) is 5.43 Å². The van der Waals surface area contributed by atoms with E-state index in [2.05, 4.69) is 29.4 Å². The summed E-state index contributed by atoms with van der Waals surface area (Å²) < 4.78 is 4.62. The molecule has 0 unspecified atom stereocenters. The van der Waals surface area contributed by atoms with Gasteiger partial charge in [0.15, 0.2) is 0 Å². The molecule has 0 aromatic rings. The van der Waals surface area contributed by atoms with Crippen LogP contribution in [0.2, 0.25) is 0 Å². The highest BCUT2D eigenvalue weighted by Gasteiger charge is 2.18. The number of esters is 1. The summed E-state index contributed by atoms with van der Waals surface area (Å²) in [6.07, 6.45) is 0.771.